The van der Waals surface area contributed by atoms with E-state index in [0.29, 0.717) is 0 Å². The lowest BCUT2D eigenvalue weighted by Crippen LogP contribution is -2.05. The lowest BCUT2D eigenvalue weighted by Gasteiger charge is -2.12. The molecule has 2 aromatic carbocycles. The summed E-state index contributed by atoms with van der Waals surface area (Å²) in [7, 11) is 0. The van der Waals surface area contributed by atoms with Crippen molar-refractivity contribution in [2.75, 3.05) is 5.73 Å². The second-order valence-electron chi connectivity index (χ2n) is 4.17. The fourth-order valence-electron chi connectivity index (χ4n) is 1.82. The quantitative estimate of drug-likeness (QED) is 0.277. The van der Waals surface area contributed by atoms with E-state index >= 15 is 0 Å². The molecular formula is C13H8F5NO. The van der Waals surface area contributed by atoms with E-state index in [9.17, 15) is 27.1 Å². The summed E-state index contributed by atoms with van der Waals surface area (Å²) < 4.78 is 66.6. The fourth-order valence-corrected chi connectivity index (χ4v) is 1.82. The van der Waals surface area contributed by atoms with Crippen molar-refractivity contribution < 1.29 is 27.1 Å². The third-order valence-corrected chi connectivity index (χ3v) is 2.85. The highest BCUT2D eigenvalue weighted by molar-refractivity contribution is 5.74. The Bertz CT molecular complexity index is 686. The van der Waals surface area contributed by atoms with E-state index in [1.54, 1.807) is 0 Å². The number of hydrogen-bond acceptors (Lipinski definition) is 2. The Balaban J connectivity index is 2.87. The molecule has 0 fully saturated rings. The lowest BCUT2D eigenvalue weighted by atomic mass is 9.97. The molecule has 2 aromatic rings. The van der Waals surface area contributed by atoms with Gasteiger partial charge in [-0.2, -0.15) is 0 Å². The molecular weight excluding hydrogens is 281 g/mol. The maximum Gasteiger partial charge on any atom is 0.200 e. The average molecular weight is 289 g/mol. The molecule has 0 aliphatic carbocycles. The fraction of sp³-hybridized carbons (Fsp3) is 0.0769. The van der Waals surface area contributed by atoms with Gasteiger partial charge in [-0.3, -0.25) is 0 Å². The van der Waals surface area contributed by atoms with Gasteiger partial charge < -0.3 is 10.8 Å². The summed E-state index contributed by atoms with van der Waals surface area (Å²) in [5.41, 5.74) is 3.88. The van der Waals surface area contributed by atoms with Crippen LogP contribution in [0.2, 0.25) is 0 Å². The van der Waals surface area contributed by atoms with E-state index in [4.69, 9.17) is 5.73 Å². The third kappa shape index (κ3) is 1.95. The molecule has 0 bridgehead atoms. The Morgan fingerprint density at radius 2 is 1.30 bits per heavy atom. The molecule has 0 amide bonds. The van der Waals surface area contributed by atoms with Crippen molar-refractivity contribution in [1.82, 2.24) is 0 Å². The summed E-state index contributed by atoms with van der Waals surface area (Å²) in [5, 5.41) is 9.34. The molecule has 0 spiro atoms. The molecule has 2 nitrogen and oxygen atoms in total. The van der Waals surface area contributed by atoms with Crippen LogP contribution in [-0.4, -0.2) is 5.11 Å². The standard InChI is InChI=1S/C13H8F5NO/c1-4-2-7(20)6(19)3-5(4)8-9(14)11(16)13(18)12(17)10(8)15/h2-3,20H,19H2,1H3. The minimum absolute atomic E-state index is 0.111. The molecule has 0 heterocycles. The first-order chi connectivity index (χ1) is 9.25. The Morgan fingerprint density at radius 1 is 0.850 bits per heavy atom. The molecule has 3 N–H and O–H groups in total. The van der Waals surface area contributed by atoms with E-state index in [1.165, 1.54) is 6.92 Å². The molecule has 0 saturated heterocycles. The largest absolute Gasteiger partial charge is 0.506 e. The van der Waals surface area contributed by atoms with Gasteiger partial charge in [0.1, 0.15) is 5.75 Å². The van der Waals surface area contributed by atoms with Crippen LogP contribution >= 0.6 is 0 Å². The lowest BCUT2D eigenvalue weighted by molar-refractivity contribution is 0.381. The second-order valence-corrected chi connectivity index (χ2v) is 4.17. The summed E-state index contributed by atoms with van der Waals surface area (Å²) in [5.74, 6) is -10.6. The Morgan fingerprint density at radius 3 is 1.80 bits per heavy atom. The highest BCUT2D eigenvalue weighted by Crippen LogP contribution is 2.36. The number of benzene rings is 2. The number of aromatic hydroxyl groups is 1. The van der Waals surface area contributed by atoms with Gasteiger partial charge in [-0.15, -0.1) is 0 Å². The number of phenols is 1. The maximum atomic E-state index is 13.7. The van der Waals surface area contributed by atoms with Crippen molar-refractivity contribution in [2.45, 2.75) is 6.92 Å². The van der Waals surface area contributed by atoms with Gasteiger partial charge in [0, 0.05) is 0 Å². The molecule has 0 aliphatic rings. The zero-order valence-electron chi connectivity index (χ0n) is 10.1. The second kappa shape index (κ2) is 4.66. The van der Waals surface area contributed by atoms with Crippen LogP contribution in [0.25, 0.3) is 11.1 Å². The highest BCUT2D eigenvalue weighted by Gasteiger charge is 2.27. The van der Waals surface area contributed by atoms with Gasteiger partial charge in [0.25, 0.3) is 0 Å². The van der Waals surface area contributed by atoms with Gasteiger partial charge >= 0.3 is 0 Å². The number of nitrogens with two attached hydrogens (primary N) is 1. The molecule has 0 unspecified atom stereocenters. The highest BCUT2D eigenvalue weighted by atomic mass is 19.2. The number of rotatable bonds is 1. The summed E-state index contributed by atoms with van der Waals surface area (Å²) in [6.45, 7) is 1.34. The van der Waals surface area contributed by atoms with Crippen LogP contribution in [0.3, 0.4) is 0 Å². The van der Waals surface area contributed by atoms with Crippen molar-refractivity contribution in [2.24, 2.45) is 0 Å². The van der Waals surface area contributed by atoms with Gasteiger partial charge in [-0.05, 0) is 30.2 Å². The monoisotopic (exact) mass is 289 g/mol. The summed E-state index contributed by atoms with van der Waals surface area (Å²) in [4.78, 5) is 0. The Kier molecular flexibility index (Phi) is 3.29. The normalized spacial score (nSPS) is 10.9. The maximum absolute atomic E-state index is 13.7. The van der Waals surface area contributed by atoms with Crippen LogP contribution in [0.1, 0.15) is 5.56 Å². The van der Waals surface area contributed by atoms with Crippen molar-refractivity contribution in [3.63, 3.8) is 0 Å². The zero-order valence-corrected chi connectivity index (χ0v) is 10.1. The number of anilines is 1. The summed E-state index contributed by atoms with van der Waals surface area (Å²) >= 11 is 0. The zero-order chi connectivity index (χ0) is 15.2. The molecule has 0 aliphatic heterocycles. The molecule has 0 saturated carbocycles. The van der Waals surface area contributed by atoms with Gasteiger partial charge in [0.05, 0.1) is 11.3 Å². The average Bonchev–Trinajstić information content (AvgIpc) is 2.40. The number of phenolic OH excluding ortho intramolecular Hbond substituents is 1. The van der Waals surface area contributed by atoms with Crippen molar-refractivity contribution >= 4 is 5.69 Å². The number of aryl methyl sites for hydroxylation is 1. The number of halogens is 5. The van der Waals surface area contributed by atoms with Gasteiger partial charge in [-0.1, -0.05) is 0 Å². The third-order valence-electron chi connectivity index (χ3n) is 2.85. The smallest absolute Gasteiger partial charge is 0.200 e. The van der Waals surface area contributed by atoms with Crippen LogP contribution in [0, 0.1) is 36.0 Å². The summed E-state index contributed by atoms with van der Waals surface area (Å²) in [6, 6.07) is 2.02. The van der Waals surface area contributed by atoms with E-state index < -0.39 is 34.6 Å². The van der Waals surface area contributed by atoms with Gasteiger partial charge in [0.2, 0.25) is 5.82 Å². The number of hydrogen-bond donors (Lipinski definition) is 2. The first-order valence-corrected chi connectivity index (χ1v) is 5.36. The Hall–Kier alpha value is -2.31. The minimum atomic E-state index is -2.23. The molecule has 106 valence electrons. The molecule has 0 atom stereocenters. The topological polar surface area (TPSA) is 46.2 Å². The van der Waals surface area contributed by atoms with Crippen LogP contribution in [0.4, 0.5) is 27.6 Å². The molecule has 0 aromatic heterocycles. The summed E-state index contributed by atoms with van der Waals surface area (Å²) in [6.07, 6.45) is 0. The Labute approximate surface area is 110 Å². The van der Waals surface area contributed by atoms with E-state index in [-0.39, 0.29) is 22.6 Å². The van der Waals surface area contributed by atoms with Crippen LogP contribution in [-0.2, 0) is 0 Å². The predicted molar refractivity (Wildman–Crippen MR) is 62.5 cm³/mol. The van der Waals surface area contributed by atoms with Crippen molar-refractivity contribution in [3.8, 4) is 16.9 Å². The van der Waals surface area contributed by atoms with Crippen molar-refractivity contribution in [3.05, 3.63) is 46.8 Å². The van der Waals surface area contributed by atoms with Gasteiger partial charge in [0.15, 0.2) is 23.3 Å². The molecule has 20 heavy (non-hydrogen) atoms. The van der Waals surface area contributed by atoms with E-state index in [1.807, 2.05) is 0 Å². The predicted octanol–water partition coefficient (Wildman–Crippen LogP) is 3.65. The van der Waals surface area contributed by atoms with E-state index in [2.05, 4.69) is 0 Å². The van der Waals surface area contributed by atoms with E-state index in [0.717, 1.165) is 12.1 Å². The van der Waals surface area contributed by atoms with Crippen LogP contribution in [0.15, 0.2) is 12.1 Å². The first kappa shape index (κ1) is 14.1. The first-order valence-electron chi connectivity index (χ1n) is 5.36. The SMILES string of the molecule is Cc1cc(O)c(N)cc1-c1c(F)c(F)c(F)c(F)c1F. The van der Waals surface area contributed by atoms with Crippen molar-refractivity contribution in [1.29, 1.82) is 0 Å². The van der Waals surface area contributed by atoms with Crippen LogP contribution < -0.4 is 5.73 Å². The number of nitrogen functional groups attached to an aromatic ring is 1. The molecule has 2 rings (SSSR count). The van der Waals surface area contributed by atoms with Crippen LogP contribution in [0.5, 0.6) is 5.75 Å². The molecule has 7 heteroatoms. The van der Waals surface area contributed by atoms with Gasteiger partial charge in [-0.25, -0.2) is 22.0 Å². The minimum Gasteiger partial charge on any atom is -0.506 e. The molecule has 0 radical (unpaired) electrons.